The Morgan fingerprint density at radius 3 is 1.60 bits per heavy atom. The Balaban J connectivity index is 2.90. The minimum atomic E-state index is 0.774. The van der Waals surface area contributed by atoms with Crippen LogP contribution in [0, 0.1) is 0 Å². The van der Waals surface area contributed by atoms with Crippen molar-refractivity contribution in [2.45, 2.75) is 25.7 Å². The molecule has 0 spiro atoms. The van der Waals surface area contributed by atoms with Crippen LogP contribution in [-0.2, 0) is 0 Å². The van der Waals surface area contributed by atoms with Crippen LogP contribution in [0.2, 0.25) is 0 Å². The summed E-state index contributed by atoms with van der Waals surface area (Å²) in [6.07, 6.45) is 6.36. The van der Waals surface area contributed by atoms with Crippen LogP contribution >= 0.6 is 0 Å². The zero-order valence-electron chi connectivity index (χ0n) is 5.77. The maximum Gasteiger partial charge on any atom is 0.0435 e. The lowest BCUT2D eigenvalue weighted by Crippen LogP contribution is -1.80. The summed E-state index contributed by atoms with van der Waals surface area (Å²) < 4.78 is 0. The van der Waals surface area contributed by atoms with Crippen molar-refractivity contribution in [2.24, 2.45) is 10.3 Å². The molecular formula is C6H12N2O2. The molecule has 0 aliphatic rings. The molecule has 0 fully saturated rings. The van der Waals surface area contributed by atoms with E-state index in [0.29, 0.717) is 0 Å². The molecular weight excluding hydrogens is 132 g/mol. The van der Waals surface area contributed by atoms with E-state index in [9.17, 15) is 0 Å². The van der Waals surface area contributed by atoms with Crippen LogP contribution in [0.15, 0.2) is 10.3 Å². The Labute approximate surface area is 59.9 Å². The number of rotatable bonds is 5. The Hall–Kier alpha value is -1.06. The van der Waals surface area contributed by atoms with Gasteiger partial charge in [0.15, 0.2) is 0 Å². The quantitative estimate of drug-likeness (QED) is 0.265. The molecule has 0 aromatic rings. The molecule has 10 heavy (non-hydrogen) atoms. The van der Waals surface area contributed by atoms with Crippen LogP contribution in [0.1, 0.15) is 25.7 Å². The van der Waals surface area contributed by atoms with Gasteiger partial charge in [-0.05, 0) is 25.7 Å². The molecule has 0 aliphatic heterocycles. The molecule has 0 aromatic carbocycles. The van der Waals surface area contributed by atoms with Gasteiger partial charge in [-0.1, -0.05) is 0 Å². The van der Waals surface area contributed by atoms with E-state index >= 15 is 0 Å². The van der Waals surface area contributed by atoms with Crippen molar-refractivity contribution in [2.75, 3.05) is 0 Å². The molecule has 0 atom stereocenters. The van der Waals surface area contributed by atoms with E-state index in [1.807, 2.05) is 0 Å². The van der Waals surface area contributed by atoms with Gasteiger partial charge in [0.2, 0.25) is 0 Å². The van der Waals surface area contributed by atoms with Crippen LogP contribution in [0.4, 0.5) is 0 Å². The molecule has 2 N–H and O–H groups in total. The molecule has 4 nitrogen and oxygen atoms in total. The van der Waals surface area contributed by atoms with Crippen LogP contribution < -0.4 is 0 Å². The fourth-order valence-corrected chi connectivity index (χ4v) is 0.587. The Morgan fingerprint density at radius 1 is 0.900 bits per heavy atom. The maximum atomic E-state index is 7.97. The van der Waals surface area contributed by atoms with Crippen LogP contribution in [0.5, 0.6) is 0 Å². The highest BCUT2D eigenvalue weighted by atomic mass is 16.4. The van der Waals surface area contributed by atoms with E-state index in [4.69, 9.17) is 10.4 Å². The Morgan fingerprint density at radius 2 is 1.30 bits per heavy atom. The monoisotopic (exact) mass is 144 g/mol. The first-order valence-electron chi connectivity index (χ1n) is 3.23. The van der Waals surface area contributed by atoms with Gasteiger partial charge in [-0.15, -0.1) is 10.3 Å². The van der Waals surface area contributed by atoms with Crippen LogP contribution in [0.3, 0.4) is 0 Å². The number of hydrogen-bond donors (Lipinski definition) is 2. The van der Waals surface area contributed by atoms with E-state index in [1.165, 1.54) is 12.4 Å². The molecule has 4 heteroatoms. The highest BCUT2D eigenvalue weighted by Crippen LogP contribution is 1.95. The molecule has 58 valence electrons. The topological polar surface area (TPSA) is 65.2 Å². The van der Waals surface area contributed by atoms with E-state index in [1.54, 1.807) is 0 Å². The third kappa shape index (κ3) is 6.94. The second-order valence-electron chi connectivity index (χ2n) is 1.88. The summed E-state index contributed by atoms with van der Waals surface area (Å²) >= 11 is 0. The third-order valence-electron chi connectivity index (χ3n) is 1.08. The van der Waals surface area contributed by atoms with Gasteiger partial charge in [-0.2, -0.15) is 0 Å². The molecule has 0 amide bonds. The molecule has 0 saturated carbocycles. The largest absolute Gasteiger partial charge is 0.411 e. The minimum Gasteiger partial charge on any atom is -0.411 e. The van der Waals surface area contributed by atoms with Crippen molar-refractivity contribution < 1.29 is 10.4 Å². The van der Waals surface area contributed by atoms with Gasteiger partial charge >= 0.3 is 0 Å². The first-order chi connectivity index (χ1) is 4.91. The highest BCUT2D eigenvalue weighted by molar-refractivity contribution is 5.57. The second kappa shape index (κ2) is 7.94. The molecule has 0 heterocycles. The summed E-state index contributed by atoms with van der Waals surface area (Å²) in [6, 6.07) is 0. The summed E-state index contributed by atoms with van der Waals surface area (Å²) in [5.41, 5.74) is 0. The van der Waals surface area contributed by atoms with E-state index in [2.05, 4.69) is 10.3 Å². The lowest BCUT2D eigenvalue weighted by Gasteiger charge is -1.88. The van der Waals surface area contributed by atoms with Crippen LogP contribution in [0.25, 0.3) is 0 Å². The van der Waals surface area contributed by atoms with Crippen molar-refractivity contribution in [1.82, 2.24) is 0 Å². The fourth-order valence-electron chi connectivity index (χ4n) is 0.587. The molecule has 0 radical (unpaired) electrons. The number of oxime groups is 2. The average molecular weight is 144 g/mol. The van der Waals surface area contributed by atoms with Crippen molar-refractivity contribution >= 4 is 12.4 Å². The van der Waals surface area contributed by atoms with E-state index in [-0.39, 0.29) is 0 Å². The van der Waals surface area contributed by atoms with Gasteiger partial charge in [-0.25, -0.2) is 0 Å². The molecule has 0 saturated heterocycles. The first-order valence-corrected chi connectivity index (χ1v) is 3.23. The Kier molecular flexibility index (Phi) is 7.10. The minimum absolute atomic E-state index is 0.774. The van der Waals surface area contributed by atoms with E-state index in [0.717, 1.165) is 25.7 Å². The number of hydrogen-bond acceptors (Lipinski definition) is 4. The lowest BCUT2D eigenvalue weighted by molar-refractivity contribution is 0.319. The Bertz CT molecular complexity index is 98.3. The van der Waals surface area contributed by atoms with Crippen molar-refractivity contribution in [1.29, 1.82) is 0 Å². The molecule has 0 aliphatic carbocycles. The molecule has 0 unspecified atom stereocenters. The van der Waals surface area contributed by atoms with Gasteiger partial charge in [0.25, 0.3) is 0 Å². The summed E-state index contributed by atoms with van der Waals surface area (Å²) in [6.45, 7) is 0. The van der Waals surface area contributed by atoms with Gasteiger partial charge in [0.05, 0.1) is 0 Å². The zero-order chi connectivity index (χ0) is 7.66. The van der Waals surface area contributed by atoms with E-state index < -0.39 is 0 Å². The zero-order valence-corrected chi connectivity index (χ0v) is 5.77. The maximum absolute atomic E-state index is 7.97. The SMILES string of the molecule is O/N=C\CCCC/C=N/O. The summed E-state index contributed by atoms with van der Waals surface area (Å²) in [7, 11) is 0. The van der Waals surface area contributed by atoms with Crippen molar-refractivity contribution in [3.63, 3.8) is 0 Å². The number of unbranched alkanes of at least 4 members (excludes halogenated alkanes) is 3. The van der Waals surface area contributed by atoms with Crippen molar-refractivity contribution in [3.8, 4) is 0 Å². The second-order valence-corrected chi connectivity index (χ2v) is 1.88. The standard InChI is InChI=1S/C6H12N2O2/c9-7-5-3-1-2-4-6-8-10/h5-6,9-10H,1-4H2/b7-5-,8-6+. The average Bonchev–Trinajstić information content (AvgIpc) is 1.97. The molecule has 0 bridgehead atoms. The van der Waals surface area contributed by atoms with Crippen LogP contribution in [-0.4, -0.2) is 22.8 Å². The smallest absolute Gasteiger partial charge is 0.0435 e. The first kappa shape index (κ1) is 8.94. The third-order valence-corrected chi connectivity index (χ3v) is 1.08. The van der Waals surface area contributed by atoms with Gasteiger partial charge in [-0.3, -0.25) is 0 Å². The predicted molar refractivity (Wildman–Crippen MR) is 39.0 cm³/mol. The molecule has 0 aromatic heterocycles. The lowest BCUT2D eigenvalue weighted by atomic mass is 10.2. The normalized spacial score (nSPS) is 11.6. The van der Waals surface area contributed by atoms with Gasteiger partial charge in [0, 0.05) is 12.4 Å². The molecule has 0 rings (SSSR count). The summed E-state index contributed by atoms with van der Waals surface area (Å²) in [5.74, 6) is 0. The summed E-state index contributed by atoms with van der Waals surface area (Å²) in [4.78, 5) is 0. The highest BCUT2D eigenvalue weighted by Gasteiger charge is 1.83. The predicted octanol–water partition coefficient (Wildman–Crippen LogP) is 1.47. The van der Waals surface area contributed by atoms with Gasteiger partial charge in [0.1, 0.15) is 0 Å². The number of nitrogens with zero attached hydrogens (tertiary/aromatic N) is 2. The van der Waals surface area contributed by atoms with Crippen molar-refractivity contribution in [3.05, 3.63) is 0 Å². The summed E-state index contributed by atoms with van der Waals surface area (Å²) in [5, 5.41) is 21.6. The van der Waals surface area contributed by atoms with Gasteiger partial charge < -0.3 is 10.4 Å². The fraction of sp³-hybridized carbons (Fsp3) is 0.667.